The van der Waals surface area contributed by atoms with Crippen molar-refractivity contribution in [2.75, 3.05) is 13.1 Å². The van der Waals surface area contributed by atoms with Crippen LogP contribution in [0.1, 0.15) is 25.7 Å². The quantitative estimate of drug-likeness (QED) is 0.569. The molecule has 2 saturated heterocycles. The van der Waals surface area contributed by atoms with Crippen LogP contribution < -0.4 is 0 Å². The molecule has 5 nitrogen and oxygen atoms in total. The molecule has 0 radical (unpaired) electrons. The minimum absolute atomic E-state index is 0.0192. The van der Waals surface area contributed by atoms with Gasteiger partial charge < -0.3 is 4.90 Å². The number of amides is 3. The molecule has 3 aliphatic carbocycles. The Bertz CT molecular complexity index is 650. The summed E-state index contributed by atoms with van der Waals surface area (Å²) in [5.41, 5.74) is 0. The van der Waals surface area contributed by atoms with E-state index in [0.717, 1.165) is 12.8 Å². The zero-order valence-corrected chi connectivity index (χ0v) is 13.6. The standard InChI is InChI=1S/C19H22N2O3/c22-17(16-8-11-5-6-12(16)7-11)20-9-13(10-20)21-18(23)14-3-1-2-4-15(14)19(21)24/h1-2,5-6,11-16H,3-4,7-10H2. The number of hydrogen-bond donors (Lipinski definition) is 0. The molecule has 5 heteroatoms. The van der Waals surface area contributed by atoms with E-state index in [-0.39, 0.29) is 41.5 Å². The summed E-state index contributed by atoms with van der Waals surface area (Å²) < 4.78 is 0. The summed E-state index contributed by atoms with van der Waals surface area (Å²) in [6, 6.07) is -0.103. The predicted octanol–water partition coefficient (Wildman–Crippen LogP) is 1.36. The van der Waals surface area contributed by atoms with Crippen molar-refractivity contribution in [3.63, 3.8) is 0 Å². The minimum atomic E-state index is -0.164. The number of carbonyl (C=O) groups excluding carboxylic acids is 3. The van der Waals surface area contributed by atoms with Crippen LogP contribution in [-0.2, 0) is 14.4 Å². The van der Waals surface area contributed by atoms with Crippen molar-refractivity contribution in [3.8, 4) is 0 Å². The van der Waals surface area contributed by atoms with Crippen LogP contribution in [0.5, 0.6) is 0 Å². The molecule has 5 unspecified atom stereocenters. The van der Waals surface area contributed by atoms with Gasteiger partial charge in [-0.25, -0.2) is 0 Å². The third kappa shape index (κ3) is 1.90. The van der Waals surface area contributed by atoms with Crippen LogP contribution in [0.4, 0.5) is 0 Å². The zero-order chi connectivity index (χ0) is 16.4. The van der Waals surface area contributed by atoms with E-state index in [9.17, 15) is 14.4 Å². The second-order valence-electron chi connectivity index (χ2n) is 7.99. The van der Waals surface area contributed by atoms with Crippen molar-refractivity contribution in [1.29, 1.82) is 0 Å². The number of likely N-dealkylation sites (tertiary alicyclic amines) is 2. The molecule has 0 aromatic carbocycles. The van der Waals surface area contributed by atoms with Crippen LogP contribution in [0.2, 0.25) is 0 Å². The Kier molecular flexibility index (Phi) is 3.03. The fourth-order valence-electron chi connectivity index (χ4n) is 5.28. The number of fused-ring (bicyclic) bond motifs is 3. The van der Waals surface area contributed by atoms with E-state index in [0.29, 0.717) is 37.8 Å². The second kappa shape index (κ2) is 5.04. The Balaban J connectivity index is 1.24. The number of carbonyl (C=O) groups is 3. The Labute approximate surface area is 141 Å². The summed E-state index contributed by atoms with van der Waals surface area (Å²) in [7, 11) is 0. The summed E-state index contributed by atoms with van der Waals surface area (Å²) in [6.07, 6.45) is 11.9. The van der Waals surface area contributed by atoms with Crippen molar-refractivity contribution in [1.82, 2.24) is 9.80 Å². The van der Waals surface area contributed by atoms with Gasteiger partial charge in [-0.15, -0.1) is 0 Å². The van der Waals surface area contributed by atoms with E-state index in [2.05, 4.69) is 12.2 Å². The van der Waals surface area contributed by atoms with Crippen LogP contribution in [0.25, 0.3) is 0 Å². The predicted molar refractivity (Wildman–Crippen MR) is 86.4 cm³/mol. The molecule has 126 valence electrons. The average molecular weight is 326 g/mol. The van der Waals surface area contributed by atoms with Gasteiger partial charge in [0.05, 0.1) is 17.9 Å². The number of allylic oxidation sites excluding steroid dienone is 4. The van der Waals surface area contributed by atoms with Crippen molar-refractivity contribution in [2.45, 2.75) is 31.7 Å². The lowest BCUT2D eigenvalue weighted by atomic mass is 9.85. The van der Waals surface area contributed by atoms with Gasteiger partial charge in [0.25, 0.3) is 0 Å². The van der Waals surface area contributed by atoms with Gasteiger partial charge in [-0.3, -0.25) is 19.3 Å². The molecule has 2 bridgehead atoms. The van der Waals surface area contributed by atoms with Gasteiger partial charge in [0, 0.05) is 19.0 Å². The first-order valence-electron chi connectivity index (χ1n) is 9.12. The highest BCUT2D eigenvalue weighted by Crippen LogP contribution is 2.45. The molecule has 0 aromatic rings. The lowest BCUT2D eigenvalue weighted by Crippen LogP contribution is -2.63. The minimum Gasteiger partial charge on any atom is -0.338 e. The molecule has 2 aliphatic heterocycles. The van der Waals surface area contributed by atoms with Crippen molar-refractivity contribution in [2.24, 2.45) is 29.6 Å². The normalized spacial score (nSPS) is 40.4. The van der Waals surface area contributed by atoms with Gasteiger partial charge in [-0.05, 0) is 37.5 Å². The molecule has 1 saturated carbocycles. The van der Waals surface area contributed by atoms with Crippen LogP contribution in [0, 0.1) is 29.6 Å². The molecule has 24 heavy (non-hydrogen) atoms. The summed E-state index contributed by atoms with van der Waals surface area (Å²) in [4.78, 5) is 41.2. The molecule has 3 amide bonds. The number of nitrogens with zero attached hydrogens (tertiary/aromatic N) is 2. The Morgan fingerprint density at radius 3 is 2.17 bits per heavy atom. The SMILES string of the molecule is O=C(C1CC2C=CC1C2)N1CC(N2C(=O)C3CC=CCC3C2=O)C1. The highest BCUT2D eigenvalue weighted by Gasteiger charge is 2.53. The maximum absolute atomic E-state index is 12.7. The third-order valence-corrected chi connectivity index (χ3v) is 6.68. The molecule has 0 N–H and O–H groups in total. The molecule has 5 aliphatic rings. The smallest absolute Gasteiger partial charge is 0.233 e. The van der Waals surface area contributed by atoms with Crippen molar-refractivity contribution < 1.29 is 14.4 Å². The Hall–Kier alpha value is -1.91. The fourth-order valence-corrected chi connectivity index (χ4v) is 5.28. The van der Waals surface area contributed by atoms with Gasteiger partial charge >= 0.3 is 0 Å². The number of hydrogen-bond acceptors (Lipinski definition) is 3. The molecule has 5 atom stereocenters. The Morgan fingerprint density at radius 1 is 0.958 bits per heavy atom. The van der Waals surface area contributed by atoms with E-state index in [4.69, 9.17) is 0 Å². The van der Waals surface area contributed by atoms with Crippen LogP contribution in [0.15, 0.2) is 24.3 Å². The van der Waals surface area contributed by atoms with E-state index < -0.39 is 0 Å². The zero-order valence-electron chi connectivity index (χ0n) is 13.6. The lowest BCUT2D eigenvalue weighted by molar-refractivity contribution is -0.154. The van der Waals surface area contributed by atoms with Gasteiger partial charge in [0.1, 0.15) is 0 Å². The van der Waals surface area contributed by atoms with Crippen molar-refractivity contribution in [3.05, 3.63) is 24.3 Å². The van der Waals surface area contributed by atoms with Crippen LogP contribution >= 0.6 is 0 Å². The Morgan fingerprint density at radius 2 is 1.62 bits per heavy atom. The molecule has 3 fully saturated rings. The maximum Gasteiger partial charge on any atom is 0.233 e. The molecule has 2 heterocycles. The molecular formula is C19H22N2O3. The van der Waals surface area contributed by atoms with Crippen LogP contribution in [0.3, 0.4) is 0 Å². The largest absolute Gasteiger partial charge is 0.338 e. The average Bonchev–Trinajstić information content (AvgIpc) is 3.24. The summed E-state index contributed by atoms with van der Waals surface area (Å²) >= 11 is 0. The highest BCUT2D eigenvalue weighted by atomic mass is 16.2. The molecule has 0 spiro atoms. The van der Waals surface area contributed by atoms with Gasteiger partial charge in [-0.2, -0.15) is 0 Å². The highest BCUT2D eigenvalue weighted by molar-refractivity contribution is 6.06. The third-order valence-electron chi connectivity index (χ3n) is 6.68. The van der Waals surface area contributed by atoms with E-state index in [1.165, 1.54) is 4.90 Å². The maximum atomic E-state index is 12.7. The number of imide groups is 1. The van der Waals surface area contributed by atoms with E-state index in [1.54, 1.807) is 0 Å². The summed E-state index contributed by atoms with van der Waals surface area (Å²) in [5, 5.41) is 0. The van der Waals surface area contributed by atoms with E-state index in [1.807, 2.05) is 17.1 Å². The molecule has 5 rings (SSSR count). The second-order valence-corrected chi connectivity index (χ2v) is 7.99. The first-order chi connectivity index (χ1) is 11.6. The van der Waals surface area contributed by atoms with Gasteiger partial charge in [0.2, 0.25) is 17.7 Å². The van der Waals surface area contributed by atoms with Crippen LogP contribution in [-0.4, -0.2) is 46.7 Å². The van der Waals surface area contributed by atoms with Crippen molar-refractivity contribution >= 4 is 17.7 Å². The lowest BCUT2D eigenvalue weighted by Gasteiger charge is -2.44. The fraction of sp³-hybridized carbons (Fsp3) is 0.632. The first kappa shape index (κ1) is 14.4. The number of rotatable bonds is 2. The van der Waals surface area contributed by atoms with Gasteiger partial charge in [-0.1, -0.05) is 24.3 Å². The summed E-state index contributed by atoms with van der Waals surface area (Å²) in [5.74, 6) is 0.970. The monoisotopic (exact) mass is 326 g/mol. The topological polar surface area (TPSA) is 57.7 Å². The summed E-state index contributed by atoms with van der Waals surface area (Å²) in [6.45, 7) is 1.06. The molecular weight excluding hydrogens is 304 g/mol. The van der Waals surface area contributed by atoms with Gasteiger partial charge in [0.15, 0.2) is 0 Å². The first-order valence-corrected chi connectivity index (χ1v) is 9.12. The van der Waals surface area contributed by atoms with E-state index >= 15 is 0 Å². The molecule has 0 aromatic heterocycles.